The normalized spacial score (nSPS) is 21.9. The fraction of sp³-hybridized carbons (Fsp3) is 0.286. The van der Waals surface area contributed by atoms with Gasteiger partial charge in [-0.1, -0.05) is 28.1 Å². The molecule has 0 radical (unpaired) electrons. The third kappa shape index (κ3) is 3.41. The monoisotopic (exact) mass is 426 g/mol. The molecule has 0 aromatic heterocycles. The van der Waals surface area contributed by atoms with Crippen molar-refractivity contribution < 1.29 is 14.4 Å². The van der Waals surface area contributed by atoms with Crippen molar-refractivity contribution in [2.24, 2.45) is 5.92 Å². The molecule has 1 aliphatic heterocycles. The van der Waals surface area contributed by atoms with Gasteiger partial charge >= 0.3 is 0 Å². The van der Waals surface area contributed by atoms with Crippen LogP contribution in [0, 0.1) is 5.92 Å². The average Bonchev–Trinajstić information content (AvgIpc) is 2.95. The Morgan fingerprint density at radius 2 is 1.44 bits per heavy atom. The summed E-state index contributed by atoms with van der Waals surface area (Å²) in [6.45, 7) is 0. The van der Waals surface area contributed by atoms with Crippen molar-refractivity contribution in [3.63, 3.8) is 0 Å². The Morgan fingerprint density at radius 3 is 2.00 bits per heavy atom. The van der Waals surface area contributed by atoms with Crippen LogP contribution in [0.2, 0.25) is 0 Å². The molecule has 2 aliphatic rings. The highest BCUT2D eigenvalue weighted by Crippen LogP contribution is 2.33. The second kappa shape index (κ2) is 7.27. The summed E-state index contributed by atoms with van der Waals surface area (Å²) in [5.74, 6) is -0.519. The molecule has 0 atom stereocenters. The maximum atomic E-state index is 12.6. The van der Waals surface area contributed by atoms with Crippen molar-refractivity contribution >= 4 is 39.3 Å². The molecule has 0 spiro atoms. The lowest BCUT2D eigenvalue weighted by atomic mass is 9.84. The van der Waals surface area contributed by atoms with Gasteiger partial charge in [0.1, 0.15) is 0 Å². The van der Waals surface area contributed by atoms with Gasteiger partial charge in [0.15, 0.2) is 0 Å². The maximum absolute atomic E-state index is 12.6. The summed E-state index contributed by atoms with van der Waals surface area (Å²) in [6, 6.07) is 14.3. The first-order valence-electron chi connectivity index (χ1n) is 9.08. The van der Waals surface area contributed by atoms with Gasteiger partial charge in [-0.3, -0.25) is 19.3 Å². The highest BCUT2D eigenvalue weighted by Gasteiger charge is 2.41. The molecule has 1 fully saturated rings. The van der Waals surface area contributed by atoms with E-state index in [0.717, 1.165) is 10.2 Å². The number of fused-ring (bicyclic) bond motifs is 1. The van der Waals surface area contributed by atoms with E-state index in [1.54, 1.807) is 24.3 Å². The summed E-state index contributed by atoms with van der Waals surface area (Å²) in [6.07, 6.45) is 2.65. The molecule has 1 heterocycles. The number of nitrogens with zero attached hydrogens (tertiary/aromatic N) is 1. The molecule has 0 bridgehead atoms. The molecule has 0 saturated heterocycles. The number of amides is 3. The van der Waals surface area contributed by atoms with E-state index in [2.05, 4.69) is 21.2 Å². The van der Waals surface area contributed by atoms with Gasteiger partial charge in [0.2, 0.25) is 5.91 Å². The van der Waals surface area contributed by atoms with Gasteiger partial charge in [-0.15, -0.1) is 0 Å². The van der Waals surface area contributed by atoms with Crippen molar-refractivity contribution in [3.05, 3.63) is 64.1 Å². The number of carbonyl (C=O) groups is 3. The van der Waals surface area contributed by atoms with Gasteiger partial charge in [-0.2, -0.15) is 0 Å². The number of nitrogens with one attached hydrogen (secondary N) is 1. The Balaban J connectivity index is 1.38. The van der Waals surface area contributed by atoms with Crippen LogP contribution in [0.5, 0.6) is 0 Å². The van der Waals surface area contributed by atoms with Crippen molar-refractivity contribution in [2.75, 3.05) is 5.32 Å². The van der Waals surface area contributed by atoms with E-state index in [-0.39, 0.29) is 29.7 Å². The van der Waals surface area contributed by atoms with Crippen LogP contribution in [-0.4, -0.2) is 28.7 Å². The Labute approximate surface area is 165 Å². The first kappa shape index (κ1) is 17.9. The molecule has 2 aromatic rings. The van der Waals surface area contributed by atoms with Crippen LogP contribution in [0.15, 0.2) is 53.0 Å². The van der Waals surface area contributed by atoms with Gasteiger partial charge in [0.25, 0.3) is 11.8 Å². The molecule has 1 aliphatic carbocycles. The minimum absolute atomic E-state index is 0.00173. The summed E-state index contributed by atoms with van der Waals surface area (Å²) >= 11 is 3.38. The first-order chi connectivity index (χ1) is 13.0. The number of rotatable bonds is 3. The lowest BCUT2D eigenvalue weighted by Gasteiger charge is -2.32. The summed E-state index contributed by atoms with van der Waals surface area (Å²) < 4.78 is 0.960. The number of benzene rings is 2. The minimum Gasteiger partial charge on any atom is -0.326 e. The van der Waals surface area contributed by atoms with E-state index < -0.39 is 0 Å². The molecule has 27 heavy (non-hydrogen) atoms. The predicted octanol–water partition coefficient (Wildman–Crippen LogP) is 4.24. The zero-order chi connectivity index (χ0) is 19.0. The summed E-state index contributed by atoms with van der Waals surface area (Å²) in [4.78, 5) is 39.1. The molecular weight excluding hydrogens is 408 g/mol. The summed E-state index contributed by atoms with van der Waals surface area (Å²) in [5.41, 5.74) is 1.74. The fourth-order valence-corrected chi connectivity index (χ4v) is 4.18. The van der Waals surface area contributed by atoms with Crippen LogP contribution in [0.25, 0.3) is 0 Å². The number of hydrogen-bond acceptors (Lipinski definition) is 3. The van der Waals surface area contributed by atoms with Gasteiger partial charge in [-0.25, -0.2) is 0 Å². The summed E-state index contributed by atoms with van der Waals surface area (Å²) in [5, 5.41) is 2.95. The minimum atomic E-state index is -0.210. The molecule has 6 heteroatoms. The number of carbonyl (C=O) groups excluding carboxylic acids is 3. The molecule has 138 valence electrons. The number of halogens is 1. The third-order valence-corrected chi connectivity index (χ3v) is 5.90. The molecule has 1 N–H and O–H groups in total. The molecule has 3 amide bonds. The summed E-state index contributed by atoms with van der Waals surface area (Å²) in [7, 11) is 0. The Hall–Kier alpha value is -2.47. The second-order valence-corrected chi connectivity index (χ2v) is 7.94. The van der Waals surface area contributed by atoms with Crippen LogP contribution in [0.3, 0.4) is 0 Å². The quantitative estimate of drug-likeness (QED) is 0.746. The zero-order valence-electron chi connectivity index (χ0n) is 14.7. The van der Waals surface area contributed by atoms with Gasteiger partial charge in [-0.05, 0) is 62.1 Å². The van der Waals surface area contributed by atoms with E-state index in [0.29, 0.717) is 36.8 Å². The van der Waals surface area contributed by atoms with Gasteiger partial charge in [0.05, 0.1) is 11.1 Å². The van der Waals surface area contributed by atoms with E-state index in [1.165, 1.54) is 4.90 Å². The largest absolute Gasteiger partial charge is 0.326 e. The highest BCUT2D eigenvalue weighted by atomic mass is 79.9. The third-order valence-electron chi connectivity index (χ3n) is 5.37. The molecule has 5 nitrogen and oxygen atoms in total. The van der Waals surface area contributed by atoms with Crippen molar-refractivity contribution in [2.45, 2.75) is 31.7 Å². The number of anilines is 1. The molecule has 2 aromatic carbocycles. The smallest absolute Gasteiger partial charge is 0.261 e. The van der Waals surface area contributed by atoms with Crippen LogP contribution in [-0.2, 0) is 4.79 Å². The van der Waals surface area contributed by atoms with Crippen LogP contribution in [0.4, 0.5) is 5.69 Å². The zero-order valence-corrected chi connectivity index (χ0v) is 16.2. The lowest BCUT2D eigenvalue weighted by molar-refractivity contribution is -0.121. The average molecular weight is 427 g/mol. The Kier molecular flexibility index (Phi) is 4.83. The van der Waals surface area contributed by atoms with E-state index in [1.807, 2.05) is 24.3 Å². The molecule has 1 saturated carbocycles. The van der Waals surface area contributed by atoms with Crippen molar-refractivity contribution in [1.82, 2.24) is 4.90 Å². The Morgan fingerprint density at radius 1 is 0.889 bits per heavy atom. The van der Waals surface area contributed by atoms with Gasteiger partial charge < -0.3 is 5.32 Å². The number of imide groups is 1. The van der Waals surface area contributed by atoms with Crippen molar-refractivity contribution in [3.8, 4) is 0 Å². The first-order valence-corrected chi connectivity index (χ1v) is 9.87. The van der Waals surface area contributed by atoms with Crippen LogP contribution >= 0.6 is 15.9 Å². The topological polar surface area (TPSA) is 66.5 Å². The predicted molar refractivity (Wildman–Crippen MR) is 105 cm³/mol. The van der Waals surface area contributed by atoms with E-state index in [9.17, 15) is 14.4 Å². The van der Waals surface area contributed by atoms with Crippen LogP contribution < -0.4 is 5.32 Å². The molecular formula is C21H19BrN2O3. The van der Waals surface area contributed by atoms with Gasteiger partial charge in [0, 0.05) is 22.1 Å². The highest BCUT2D eigenvalue weighted by molar-refractivity contribution is 9.10. The second-order valence-electron chi connectivity index (χ2n) is 7.03. The Bertz CT molecular complexity index is 867. The van der Waals surface area contributed by atoms with Crippen LogP contribution in [0.1, 0.15) is 46.4 Å². The van der Waals surface area contributed by atoms with E-state index in [4.69, 9.17) is 0 Å². The lowest BCUT2D eigenvalue weighted by Crippen LogP contribution is -2.43. The standard InChI is InChI=1S/C21H19BrN2O3/c22-14-7-9-15(10-8-14)23-19(25)13-5-11-16(12-6-13)24-20(26)17-3-1-2-4-18(17)21(24)27/h1-4,7-10,13,16H,5-6,11-12H2,(H,23,25). The maximum Gasteiger partial charge on any atom is 0.261 e. The van der Waals surface area contributed by atoms with Crippen molar-refractivity contribution in [1.29, 1.82) is 0 Å². The SMILES string of the molecule is O=C(Nc1ccc(Br)cc1)C1CCC(N2C(=O)c3ccccc3C2=O)CC1. The number of hydrogen-bond donors (Lipinski definition) is 1. The fourth-order valence-electron chi connectivity index (χ4n) is 3.91. The van der Waals surface area contributed by atoms with E-state index >= 15 is 0 Å². The molecule has 0 unspecified atom stereocenters. The molecule has 4 rings (SSSR count).